The minimum absolute atomic E-state index is 0.0618. The molecule has 2 aliphatic rings. The molecule has 1 aromatic heterocycles. The Morgan fingerprint density at radius 3 is 2.79 bits per heavy atom. The Kier molecular flexibility index (Phi) is 3.90. The summed E-state index contributed by atoms with van der Waals surface area (Å²) in [5, 5.41) is 16.8. The van der Waals surface area contributed by atoms with Gasteiger partial charge in [-0.2, -0.15) is 5.10 Å². The molecular formula is C22H19N3O3. The van der Waals surface area contributed by atoms with Crippen LogP contribution in [0.15, 0.2) is 72.0 Å². The molecule has 0 bridgehead atoms. The lowest BCUT2D eigenvalue weighted by Crippen LogP contribution is -2.34. The van der Waals surface area contributed by atoms with Gasteiger partial charge in [0.25, 0.3) is 0 Å². The smallest absolute Gasteiger partial charge is 0.230 e. The number of pyridine rings is 1. The predicted octanol–water partition coefficient (Wildman–Crippen LogP) is 4.04. The second kappa shape index (κ2) is 6.56. The molecule has 28 heavy (non-hydrogen) atoms. The second-order valence-corrected chi connectivity index (χ2v) is 6.80. The van der Waals surface area contributed by atoms with Crippen molar-refractivity contribution in [3.63, 3.8) is 0 Å². The molecule has 140 valence electrons. The molecule has 5 rings (SSSR count). The molecule has 0 radical (unpaired) electrons. The third-order valence-electron chi connectivity index (χ3n) is 5.15. The topological polar surface area (TPSA) is 67.2 Å². The van der Waals surface area contributed by atoms with Crippen molar-refractivity contribution in [3.8, 4) is 17.2 Å². The summed E-state index contributed by atoms with van der Waals surface area (Å²) < 4.78 is 11.5. The number of rotatable bonds is 3. The third-order valence-corrected chi connectivity index (χ3v) is 5.15. The molecule has 2 aliphatic heterocycles. The molecule has 0 aliphatic carbocycles. The van der Waals surface area contributed by atoms with Crippen LogP contribution in [-0.4, -0.2) is 27.9 Å². The number of aromatic hydroxyl groups is 1. The Labute approximate surface area is 162 Å². The molecule has 3 aromatic rings. The normalized spacial score (nSPS) is 20.0. The maximum atomic E-state index is 9.90. The summed E-state index contributed by atoms with van der Waals surface area (Å²) in [5.74, 6) is 1.41. The summed E-state index contributed by atoms with van der Waals surface area (Å²) in [4.78, 5) is 4.48. The molecule has 0 saturated carbocycles. The van der Waals surface area contributed by atoms with Crippen molar-refractivity contribution in [1.82, 2.24) is 9.99 Å². The van der Waals surface area contributed by atoms with Gasteiger partial charge < -0.3 is 14.6 Å². The number of nitrogens with zero attached hydrogens (tertiary/aromatic N) is 3. The van der Waals surface area contributed by atoms with Gasteiger partial charge in [-0.3, -0.25) is 4.98 Å². The Hall–Kier alpha value is -3.54. The maximum absolute atomic E-state index is 9.90. The molecule has 2 aromatic carbocycles. The van der Waals surface area contributed by atoms with Crippen molar-refractivity contribution in [1.29, 1.82) is 0 Å². The standard InChI is InChI=1S/C22H19N3O3/c1-27-21-12-14(9-10-19(21)26)17-13-18-15-6-2-3-8-20(15)28-22(25(18)24-17)16-7-4-5-11-23-16/h2-12,18,22,26H,13H2,1H3/t18-,22-/m1/s1. The van der Waals surface area contributed by atoms with Crippen LogP contribution in [0, 0.1) is 0 Å². The predicted molar refractivity (Wildman–Crippen MR) is 104 cm³/mol. The highest BCUT2D eigenvalue weighted by atomic mass is 16.5. The number of para-hydroxylation sites is 1. The maximum Gasteiger partial charge on any atom is 0.230 e. The van der Waals surface area contributed by atoms with Crippen LogP contribution < -0.4 is 9.47 Å². The fourth-order valence-electron chi connectivity index (χ4n) is 3.78. The molecule has 3 heterocycles. The van der Waals surface area contributed by atoms with E-state index in [0.717, 1.165) is 34.7 Å². The van der Waals surface area contributed by atoms with E-state index in [-0.39, 0.29) is 11.8 Å². The Bertz CT molecular complexity index is 1050. The molecular weight excluding hydrogens is 354 g/mol. The van der Waals surface area contributed by atoms with E-state index in [1.807, 2.05) is 53.5 Å². The summed E-state index contributed by atoms with van der Waals surface area (Å²) in [7, 11) is 1.54. The summed E-state index contributed by atoms with van der Waals surface area (Å²) in [6.45, 7) is 0. The van der Waals surface area contributed by atoms with Gasteiger partial charge in [-0.1, -0.05) is 24.3 Å². The number of hydrogen-bond donors (Lipinski definition) is 1. The first-order valence-corrected chi connectivity index (χ1v) is 9.14. The van der Waals surface area contributed by atoms with Crippen molar-refractivity contribution < 1.29 is 14.6 Å². The number of fused-ring (bicyclic) bond motifs is 3. The Balaban J connectivity index is 1.58. The third kappa shape index (κ3) is 2.65. The lowest BCUT2D eigenvalue weighted by Gasteiger charge is -2.37. The number of benzene rings is 2. The lowest BCUT2D eigenvalue weighted by atomic mass is 9.96. The molecule has 0 amide bonds. The van der Waals surface area contributed by atoms with Gasteiger partial charge in [-0.15, -0.1) is 0 Å². The summed E-state index contributed by atoms with van der Waals surface area (Å²) >= 11 is 0. The van der Waals surface area contributed by atoms with Crippen molar-refractivity contribution in [2.75, 3.05) is 7.11 Å². The number of phenolic OH excluding ortho intramolecular Hbond substituents is 1. The van der Waals surface area contributed by atoms with Crippen LogP contribution in [0.25, 0.3) is 0 Å². The molecule has 6 nitrogen and oxygen atoms in total. The van der Waals surface area contributed by atoms with Gasteiger partial charge in [0.2, 0.25) is 6.23 Å². The Morgan fingerprint density at radius 2 is 1.96 bits per heavy atom. The van der Waals surface area contributed by atoms with E-state index >= 15 is 0 Å². The highest BCUT2D eigenvalue weighted by Gasteiger charge is 2.41. The van der Waals surface area contributed by atoms with Crippen LogP contribution in [0.3, 0.4) is 0 Å². The van der Waals surface area contributed by atoms with E-state index in [1.165, 1.54) is 0 Å². The first-order valence-electron chi connectivity index (χ1n) is 9.14. The number of aromatic nitrogens is 1. The SMILES string of the molecule is COc1cc(C2=NN3[C@H](C2)c2ccccc2O[C@@H]3c2ccccn2)ccc1O. The molecule has 0 spiro atoms. The zero-order valence-corrected chi connectivity index (χ0v) is 15.3. The number of hydrazone groups is 1. The fraction of sp³-hybridized carbons (Fsp3) is 0.182. The van der Waals surface area contributed by atoms with Crippen LogP contribution >= 0.6 is 0 Å². The van der Waals surface area contributed by atoms with Crippen LogP contribution in [0.4, 0.5) is 0 Å². The quantitative estimate of drug-likeness (QED) is 0.751. The van der Waals surface area contributed by atoms with Crippen LogP contribution in [0.5, 0.6) is 17.2 Å². The van der Waals surface area contributed by atoms with Crippen molar-refractivity contribution in [3.05, 3.63) is 83.7 Å². The second-order valence-electron chi connectivity index (χ2n) is 6.80. The number of phenols is 1. The van der Waals surface area contributed by atoms with Crippen molar-refractivity contribution >= 4 is 5.71 Å². The number of hydrogen-bond acceptors (Lipinski definition) is 6. The van der Waals surface area contributed by atoms with Crippen molar-refractivity contribution in [2.24, 2.45) is 5.10 Å². The largest absolute Gasteiger partial charge is 0.504 e. The van der Waals surface area contributed by atoms with Gasteiger partial charge in [0.15, 0.2) is 11.5 Å². The minimum Gasteiger partial charge on any atom is -0.504 e. The van der Waals surface area contributed by atoms with Crippen LogP contribution in [-0.2, 0) is 0 Å². The zero-order valence-electron chi connectivity index (χ0n) is 15.3. The molecule has 1 N–H and O–H groups in total. The number of ether oxygens (including phenoxy) is 2. The van der Waals surface area contributed by atoms with E-state index in [0.29, 0.717) is 5.75 Å². The van der Waals surface area contributed by atoms with Crippen LogP contribution in [0.2, 0.25) is 0 Å². The van der Waals surface area contributed by atoms with E-state index < -0.39 is 6.23 Å². The van der Waals surface area contributed by atoms with E-state index in [2.05, 4.69) is 11.1 Å². The first-order chi connectivity index (χ1) is 13.7. The number of methoxy groups -OCH3 is 1. The highest BCUT2D eigenvalue weighted by Crippen LogP contribution is 2.47. The van der Waals surface area contributed by atoms with Gasteiger partial charge in [-0.05, 0) is 36.4 Å². The van der Waals surface area contributed by atoms with Crippen LogP contribution in [0.1, 0.15) is 35.5 Å². The molecule has 0 fully saturated rings. The van der Waals surface area contributed by atoms with E-state index in [9.17, 15) is 5.11 Å². The highest BCUT2D eigenvalue weighted by molar-refractivity contribution is 6.02. The monoisotopic (exact) mass is 373 g/mol. The van der Waals surface area contributed by atoms with Crippen molar-refractivity contribution in [2.45, 2.75) is 18.7 Å². The van der Waals surface area contributed by atoms with Gasteiger partial charge in [0.1, 0.15) is 11.4 Å². The molecule has 0 saturated heterocycles. The fourth-order valence-corrected chi connectivity index (χ4v) is 3.78. The molecule has 2 atom stereocenters. The summed E-state index contributed by atoms with van der Waals surface area (Å²) in [6, 6.07) is 19.2. The van der Waals surface area contributed by atoms with E-state index in [1.54, 1.807) is 19.4 Å². The van der Waals surface area contributed by atoms with Gasteiger partial charge in [0, 0.05) is 23.7 Å². The van der Waals surface area contributed by atoms with E-state index in [4.69, 9.17) is 14.6 Å². The lowest BCUT2D eigenvalue weighted by molar-refractivity contribution is -0.0218. The average Bonchev–Trinajstić information content (AvgIpc) is 3.20. The van der Waals surface area contributed by atoms with Gasteiger partial charge in [-0.25, -0.2) is 5.01 Å². The molecule has 0 unspecified atom stereocenters. The first kappa shape index (κ1) is 16.6. The molecule has 6 heteroatoms. The summed E-state index contributed by atoms with van der Waals surface area (Å²) in [6.07, 6.45) is 2.11. The summed E-state index contributed by atoms with van der Waals surface area (Å²) in [5.41, 5.74) is 3.76. The zero-order chi connectivity index (χ0) is 19.1. The average molecular weight is 373 g/mol. The van der Waals surface area contributed by atoms with Gasteiger partial charge in [0.05, 0.1) is 18.9 Å². The Morgan fingerprint density at radius 1 is 1.11 bits per heavy atom. The minimum atomic E-state index is -0.391. The van der Waals surface area contributed by atoms with Gasteiger partial charge >= 0.3 is 0 Å².